The van der Waals surface area contributed by atoms with Gasteiger partial charge < -0.3 is 0 Å². The number of rotatable bonds is 2. The lowest BCUT2D eigenvalue weighted by molar-refractivity contribution is 0.141. The molecule has 1 aromatic rings. The van der Waals surface area contributed by atoms with Crippen LogP contribution >= 0.6 is 0 Å². The predicted octanol–water partition coefficient (Wildman–Crippen LogP) is 6.38. The van der Waals surface area contributed by atoms with Gasteiger partial charge in [0, 0.05) is 0 Å². The molecule has 118 valence electrons. The summed E-state index contributed by atoms with van der Waals surface area (Å²) in [6, 6.07) is 9.39. The molecule has 0 spiro atoms. The van der Waals surface area contributed by atoms with Crippen LogP contribution in [0.1, 0.15) is 78.4 Å². The lowest BCUT2D eigenvalue weighted by atomic mass is 9.68. The minimum absolute atomic E-state index is 0.265. The molecule has 1 aromatic carbocycles. The SMILES string of the molecule is CC(C)(C)c1ccc(CC2CCCC(C(C)(C)C)C2)cc1. The van der Waals surface area contributed by atoms with Crippen molar-refractivity contribution >= 4 is 0 Å². The molecule has 1 saturated carbocycles. The fourth-order valence-electron chi connectivity index (χ4n) is 3.74. The third-order valence-electron chi connectivity index (χ3n) is 5.35. The highest BCUT2D eigenvalue weighted by Crippen LogP contribution is 2.41. The highest BCUT2D eigenvalue weighted by molar-refractivity contribution is 5.27. The van der Waals surface area contributed by atoms with E-state index in [0.717, 1.165) is 11.8 Å². The monoisotopic (exact) mass is 286 g/mol. The van der Waals surface area contributed by atoms with Gasteiger partial charge in [0.2, 0.25) is 0 Å². The van der Waals surface area contributed by atoms with Crippen molar-refractivity contribution in [3.05, 3.63) is 35.4 Å². The molecule has 2 rings (SSSR count). The van der Waals surface area contributed by atoms with Gasteiger partial charge in [-0.3, -0.25) is 0 Å². The van der Waals surface area contributed by atoms with Crippen LogP contribution in [0.25, 0.3) is 0 Å². The van der Waals surface area contributed by atoms with Gasteiger partial charge in [0.1, 0.15) is 0 Å². The fourth-order valence-corrected chi connectivity index (χ4v) is 3.74. The molecule has 0 N–H and O–H groups in total. The first-order valence-electron chi connectivity index (χ1n) is 8.75. The summed E-state index contributed by atoms with van der Waals surface area (Å²) in [5.74, 6) is 1.80. The van der Waals surface area contributed by atoms with Gasteiger partial charge in [0.05, 0.1) is 0 Å². The lowest BCUT2D eigenvalue weighted by Gasteiger charge is -2.37. The molecular formula is C21H34. The molecule has 0 heterocycles. The Kier molecular flexibility index (Phi) is 4.85. The molecule has 0 bridgehead atoms. The summed E-state index contributed by atoms with van der Waals surface area (Å²) >= 11 is 0. The molecule has 2 atom stereocenters. The minimum Gasteiger partial charge on any atom is -0.0599 e. The van der Waals surface area contributed by atoms with Gasteiger partial charge in [0.15, 0.2) is 0 Å². The topological polar surface area (TPSA) is 0 Å². The van der Waals surface area contributed by atoms with Gasteiger partial charge in [-0.05, 0) is 53.1 Å². The van der Waals surface area contributed by atoms with Crippen LogP contribution in [0.3, 0.4) is 0 Å². The second kappa shape index (κ2) is 6.15. The Bertz CT molecular complexity index is 438. The summed E-state index contributed by atoms with van der Waals surface area (Å²) in [6.07, 6.45) is 6.98. The van der Waals surface area contributed by atoms with E-state index in [2.05, 4.69) is 65.8 Å². The van der Waals surface area contributed by atoms with E-state index in [0.29, 0.717) is 5.41 Å². The lowest BCUT2D eigenvalue weighted by Crippen LogP contribution is -2.27. The molecule has 1 aliphatic carbocycles. The van der Waals surface area contributed by atoms with E-state index < -0.39 is 0 Å². The number of hydrogen-bond acceptors (Lipinski definition) is 0. The van der Waals surface area contributed by atoms with Crippen LogP contribution in [-0.2, 0) is 11.8 Å². The highest BCUT2D eigenvalue weighted by Gasteiger charge is 2.30. The standard InChI is InChI=1S/C21H34/c1-20(2,3)18-12-10-16(11-13-18)14-17-8-7-9-19(15-17)21(4,5)6/h10-13,17,19H,7-9,14-15H2,1-6H3. The molecular weight excluding hydrogens is 252 g/mol. The van der Waals surface area contributed by atoms with Gasteiger partial charge in [-0.25, -0.2) is 0 Å². The van der Waals surface area contributed by atoms with Gasteiger partial charge >= 0.3 is 0 Å². The minimum atomic E-state index is 0.265. The molecule has 0 aromatic heterocycles. The first kappa shape index (κ1) is 16.6. The molecule has 0 heteroatoms. The Morgan fingerprint density at radius 3 is 2.05 bits per heavy atom. The number of hydrogen-bond donors (Lipinski definition) is 0. The van der Waals surface area contributed by atoms with Crippen molar-refractivity contribution in [2.24, 2.45) is 17.3 Å². The van der Waals surface area contributed by atoms with Gasteiger partial charge in [-0.1, -0.05) is 78.6 Å². The zero-order valence-corrected chi connectivity index (χ0v) is 15.0. The molecule has 0 aliphatic heterocycles. The Balaban J connectivity index is 1.98. The maximum absolute atomic E-state index is 2.41. The first-order chi connectivity index (χ1) is 9.66. The van der Waals surface area contributed by atoms with Crippen LogP contribution in [0.15, 0.2) is 24.3 Å². The third-order valence-corrected chi connectivity index (χ3v) is 5.35. The van der Waals surface area contributed by atoms with Crippen molar-refractivity contribution < 1.29 is 0 Å². The van der Waals surface area contributed by atoms with E-state index in [1.54, 1.807) is 0 Å². The summed E-state index contributed by atoms with van der Waals surface area (Å²) in [4.78, 5) is 0. The van der Waals surface area contributed by atoms with Crippen molar-refractivity contribution in [3.63, 3.8) is 0 Å². The van der Waals surface area contributed by atoms with E-state index >= 15 is 0 Å². The van der Waals surface area contributed by atoms with E-state index in [4.69, 9.17) is 0 Å². The van der Waals surface area contributed by atoms with Crippen LogP contribution in [0.2, 0.25) is 0 Å². The summed E-state index contributed by atoms with van der Waals surface area (Å²) in [7, 11) is 0. The second-order valence-electron chi connectivity index (χ2n) is 9.25. The number of benzene rings is 1. The van der Waals surface area contributed by atoms with Crippen LogP contribution in [0.5, 0.6) is 0 Å². The molecule has 21 heavy (non-hydrogen) atoms. The Morgan fingerprint density at radius 2 is 1.52 bits per heavy atom. The molecule has 0 radical (unpaired) electrons. The smallest absolute Gasteiger partial charge is 0.0132 e. The van der Waals surface area contributed by atoms with Crippen LogP contribution in [0.4, 0.5) is 0 Å². The average Bonchev–Trinajstić information content (AvgIpc) is 2.37. The van der Waals surface area contributed by atoms with Crippen molar-refractivity contribution in [2.75, 3.05) is 0 Å². The summed E-state index contributed by atoms with van der Waals surface area (Å²) in [5, 5.41) is 0. The normalized spacial score (nSPS) is 24.1. The van der Waals surface area contributed by atoms with Crippen LogP contribution < -0.4 is 0 Å². The zero-order valence-electron chi connectivity index (χ0n) is 15.0. The van der Waals surface area contributed by atoms with Gasteiger partial charge in [-0.15, -0.1) is 0 Å². The van der Waals surface area contributed by atoms with Gasteiger partial charge in [-0.2, -0.15) is 0 Å². The van der Waals surface area contributed by atoms with Crippen molar-refractivity contribution in [1.82, 2.24) is 0 Å². The van der Waals surface area contributed by atoms with E-state index in [1.165, 1.54) is 43.2 Å². The Morgan fingerprint density at radius 1 is 0.905 bits per heavy atom. The predicted molar refractivity (Wildman–Crippen MR) is 93.7 cm³/mol. The van der Waals surface area contributed by atoms with Crippen molar-refractivity contribution in [2.45, 2.75) is 79.1 Å². The van der Waals surface area contributed by atoms with Gasteiger partial charge in [0.25, 0.3) is 0 Å². The molecule has 1 fully saturated rings. The summed E-state index contributed by atoms with van der Waals surface area (Å²) in [6.45, 7) is 14.1. The van der Waals surface area contributed by atoms with Crippen molar-refractivity contribution in [1.29, 1.82) is 0 Å². The Labute approximate surface area is 132 Å². The highest BCUT2D eigenvalue weighted by atomic mass is 14.4. The van der Waals surface area contributed by atoms with E-state index in [-0.39, 0.29) is 5.41 Å². The quantitative estimate of drug-likeness (QED) is 0.592. The molecule has 0 nitrogen and oxygen atoms in total. The Hall–Kier alpha value is -0.780. The van der Waals surface area contributed by atoms with E-state index in [9.17, 15) is 0 Å². The van der Waals surface area contributed by atoms with Crippen LogP contribution in [-0.4, -0.2) is 0 Å². The second-order valence-corrected chi connectivity index (χ2v) is 9.25. The van der Waals surface area contributed by atoms with Crippen LogP contribution in [0, 0.1) is 17.3 Å². The van der Waals surface area contributed by atoms with E-state index in [1.807, 2.05) is 0 Å². The molecule has 0 amide bonds. The maximum atomic E-state index is 2.41. The van der Waals surface area contributed by atoms with Crippen molar-refractivity contribution in [3.8, 4) is 0 Å². The fraction of sp³-hybridized carbons (Fsp3) is 0.714. The first-order valence-corrected chi connectivity index (χ1v) is 8.75. The maximum Gasteiger partial charge on any atom is -0.0132 e. The summed E-state index contributed by atoms with van der Waals surface area (Å²) < 4.78 is 0. The zero-order chi connectivity index (χ0) is 15.7. The summed E-state index contributed by atoms with van der Waals surface area (Å²) in [5.41, 5.74) is 3.72. The third kappa shape index (κ3) is 4.59. The molecule has 0 saturated heterocycles. The molecule has 2 unspecified atom stereocenters. The molecule has 1 aliphatic rings. The average molecular weight is 287 g/mol. The largest absolute Gasteiger partial charge is 0.0599 e.